The average molecular weight is 500 g/mol. The summed E-state index contributed by atoms with van der Waals surface area (Å²) in [5.41, 5.74) is 1.18. The van der Waals surface area contributed by atoms with E-state index in [0.29, 0.717) is 0 Å². The van der Waals surface area contributed by atoms with Crippen molar-refractivity contribution in [3.8, 4) is 0 Å². The maximum atomic E-state index is 4.62. The normalized spacial score (nSPS) is 20.7. The van der Waals surface area contributed by atoms with Crippen LogP contribution in [0.2, 0.25) is 0 Å². The molecule has 0 bridgehead atoms. The quantitative estimate of drug-likeness (QED) is 0.342. The fourth-order valence-corrected chi connectivity index (χ4v) is 4.20. The number of halogens is 1. The minimum Gasteiger partial charge on any atom is -0.357 e. The molecule has 6 nitrogen and oxygen atoms in total. The van der Waals surface area contributed by atoms with Crippen molar-refractivity contribution in [2.45, 2.75) is 58.0 Å². The molecule has 3 rings (SSSR count). The monoisotopic (exact) mass is 500 g/mol. The number of rotatable bonds is 7. The minimum absolute atomic E-state index is 0. The van der Waals surface area contributed by atoms with Crippen molar-refractivity contribution in [3.05, 3.63) is 23.9 Å². The zero-order valence-electron chi connectivity index (χ0n) is 17.5. The van der Waals surface area contributed by atoms with Crippen LogP contribution in [0.1, 0.15) is 51.0 Å². The first-order valence-electron chi connectivity index (χ1n) is 10.7. The number of hydrogen-bond donors (Lipinski definition) is 2. The Kier molecular flexibility index (Phi) is 10.3. The van der Waals surface area contributed by atoms with Gasteiger partial charge in [0.15, 0.2) is 5.96 Å². The van der Waals surface area contributed by atoms with Crippen LogP contribution in [0.5, 0.6) is 0 Å². The van der Waals surface area contributed by atoms with Crippen molar-refractivity contribution in [2.75, 3.05) is 44.7 Å². The van der Waals surface area contributed by atoms with Gasteiger partial charge in [-0.1, -0.05) is 19.4 Å². The van der Waals surface area contributed by atoms with Gasteiger partial charge in [0, 0.05) is 52.0 Å². The molecule has 1 atom stereocenters. The second-order valence-corrected chi connectivity index (χ2v) is 7.67. The molecule has 1 aromatic rings. The highest BCUT2D eigenvalue weighted by Gasteiger charge is 2.20. The molecule has 1 aromatic heterocycles. The molecule has 1 unspecified atom stereocenters. The predicted molar refractivity (Wildman–Crippen MR) is 129 cm³/mol. The molecule has 0 aliphatic carbocycles. The third-order valence-corrected chi connectivity index (χ3v) is 5.83. The average Bonchev–Trinajstić information content (AvgIpc) is 3.26. The largest absolute Gasteiger partial charge is 0.357 e. The van der Waals surface area contributed by atoms with Crippen LogP contribution < -0.4 is 15.5 Å². The van der Waals surface area contributed by atoms with Crippen molar-refractivity contribution >= 4 is 35.8 Å². The van der Waals surface area contributed by atoms with Crippen LogP contribution in [-0.2, 0) is 6.54 Å². The Morgan fingerprint density at radius 2 is 1.93 bits per heavy atom. The zero-order valence-corrected chi connectivity index (χ0v) is 19.8. The fraction of sp³-hybridized carbons (Fsp3) is 0.714. The van der Waals surface area contributed by atoms with Crippen molar-refractivity contribution in [1.82, 2.24) is 20.5 Å². The highest BCUT2D eigenvalue weighted by Crippen LogP contribution is 2.19. The smallest absolute Gasteiger partial charge is 0.191 e. The Morgan fingerprint density at radius 3 is 2.61 bits per heavy atom. The van der Waals surface area contributed by atoms with E-state index in [0.717, 1.165) is 50.5 Å². The van der Waals surface area contributed by atoms with E-state index in [1.54, 1.807) is 0 Å². The number of nitrogens with zero attached hydrogens (tertiary/aromatic N) is 4. The maximum absolute atomic E-state index is 4.62. The summed E-state index contributed by atoms with van der Waals surface area (Å²) in [4.78, 5) is 14.0. The summed E-state index contributed by atoms with van der Waals surface area (Å²) < 4.78 is 0. The van der Waals surface area contributed by atoms with E-state index in [-0.39, 0.29) is 24.0 Å². The molecule has 0 spiro atoms. The molecular formula is C21H37IN6. The van der Waals surface area contributed by atoms with E-state index in [1.165, 1.54) is 50.6 Å². The molecule has 7 heteroatoms. The number of guanidine groups is 1. The van der Waals surface area contributed by atoms with Crippen molar-refractivity contribution in [1.29, 1.82) is 0 Å². The molecule has 2 saturated heterocycles. The number of likely N-dealkylation sites (tertiary alicyclic amines) is 1. The standard InChI is InChI=1S/C21H36N6.HI/c1-3-19-8-4-5-12-26(19)15-11-23-21(22-2)25-17-18-9-10-20(24-16-18)27-13-6-7-14-27;/h9-10,16,19H,3-8,11-15,17H2,1-2H3,(H2,22,23,25);1H. The van der Waals surface area contributed by atoms with Crippen LogP contribution in [0.3, 0.4) is 0 Å². The number of anilines is 1. The van der Waals surface area contributed by atoms with Crippen molar-refractivity contribution < 1.29 is 0 Å². The lowest BCUT2D eigenvalue weighted by atomic mass is 10.0. The molecule has 158 valence electrons. The van der Waals surface area contributed by atoms with Gasteiger partial charge in [-0.2, -0.15) is 0 Å². The summed E-state index contributed by atoms with van der Waals surface area (Å²) in [6.07, 6.45) is 9.87. The first-order valence-corrected chi connectivity index (χ1v) is 10.7. The van der Waals surface area contributed by atoms with E-state index in [4.69, 9.17) is 0 Å². The fourth-order valence-electron chi connectivity index (χ4n) is 4.20. The Labute approximate surface area is 187 Å². The molecule has 2 fully saturated rings. The van der Waals surface area contributed by atoms with E-state index >= 15 is 0 Å². The molecule has 0 saturated carbocycles. The molecule has 3 heterocycles. The first kappa shape index (κ1) is 23.2. The highest BCUT2D eigenvalue weighted by atomic mass is 127. The highest BCUT2D eigenvalue weighted by molar-refractivity contribution is 14.0. The lowest BCUT2D eigenvalue weighted by Crippen LogP contribution is -2.45. The van der Waals surface area contributed by atoms with Gasteiger partial charge in [-0.3, -0.25) is 9.89 Å². The van der Waals surface area contributed by atoms with Gasteiger partial charge in [-0.15, -0.1) is 24.0 Å². The number of nitrogens with one attached hydrogen (secondary N) is 2. The van der Waals surface area contributed by atoms with Crippen molar-refractivity contribution in [2.24, 2.45) is 4.99 Å². The summed E-state index contributed by atoms with van der Waals surface area (Å²) in [7, 11) is 1.83. The summed E-state index contributed by atoms with van der Waals surface area (Å²) in [6.45, 7) is 8.58. The Hall–Kier alpha value is -1.09. The van der Waals surface area contributed by atoms with Gasteiger partial charge in [-0.05, 0) is 50.3 Å². The SMILES string of the molecule is CCC1CCCCN1CCNC(=NC)NCc1ccc(N2CCCC2)nc1.I. The van der Waals surface area contributed by atoms with Crippen LogP contribution in [0, 0.1) is 0 Å². The van der Waals surface area contributed by atoms with E-state index in [9.17, 15) is 0 Å². The molecule has 0 aromatic carbocycles. The van der Waals surface area contributed by atoms with Crippen LogP contribution in [0.25, 0.3) is 0 Å². The van der Waals surface area contributed by atoms with Crippen LogP contribution >= 0.6 is 24.0 Å². The number of pyridine rings is 1. The zero-order chi connectivity index (χ0) is 18.9. The van der Waals surface area contributed by atoms with Gasteiger partial charge in [0.25, 0.3) is 0 Å². The Morgan fingerprint density at radius 1 is 1.14 bits per heavy atom. The van der Waals surface area contributed by atoms with E-state index < -0.39 is 0 Å². The molecule has 2 aliphatic rings. The van der Waals surface area contributed by atoms with Gasteiger partial charge in [-0.25, -0.2) is 4.98 Å². The predicted octanol–water partition coefficient (Wildman–Crippen LogP) is 3.23. The summed E-state index contributed by atoms with van der Waals surface area (Å²) in [5, 5.41) is 6.86. The Balaban J connectivity index is 0.00000280. The minimum atomic E-state index is 0. The number of piperidine rings is 1. The van der Waals surface area contributed by atoms with Crippen LogP contribution in [-0.4, -0.2) is 61.7 Å². The topological polar surface area (TPSA) is 55.8 Å². The summed E-state index contributed by atoms with van der Waals surface area (Å²) in [6, 6.07) is 5.07. The maximum Gasteiger partial charge on any atom is 0.191 e. The van der Waals surface area contributed by atoms with Gasteiger partial charge in [0.05, 0.1) is 0 Å². The van der Waals surface area contributed by atoms with Gasteiger partial charge >= 0.3 is 0 Å². The molecular weight excluding hydrogens is 463 g/mol. The van der Waals surface area contributed by atoms with Gasteiger partial charge in [0.1, 0.15) is 5.82 Å². The third-order valence-electron chi connectivity index (χ3n) is 5.83. The van der Waals surface area contributed by atoms with Crippen molar-refractivity contribution in [3.63, 3.8) is 0 Å². The van der Waals surface area contributed by atoms with Gasteiger partial charge in [0.2, 0.25) is 0 Å². The van der Waals surface area contributed by atoms with E-state index in [2.05, 4.69) is 49.5 Å². The lowest BCUT2D eigenvalue weighted by Gasteiger charge is -2.35. The Bertz CT molecular complexity index is 585. The van der Waals surface area contributed by atoms with E-state index in [1.807, 2.05) is 13.2 Å². The summed E-state index contributed by atoms with van der Waals surface area (Å²) in [5.74, 6) is 1.97. The second-order valence-electron chi connectivity index (χ2n) is 7.67. The first-order chi connectivity index (χ1) is 13.3. The number of hydrogen-bond acceptors (Lipinski definition) is 4. The number of aliphatic imine (C=N–C) groups is 1. The van der Waals surface area contributed by atoms with Gasteiger partial charge < -0.3 is 15.5 Å². The summed E-state index contributed by atoms with van der Waals surface area (Å²) >= 11 is 0. The molecule has 0 radical (unpaired) electrons. The van der Waals surface area contributed by atoms with Crippen LogP contribution in [0.4, 0.5) is 5.82 Å². The van der Waals surface area contributed by atoms with Crippen LogP contribution in [0.15, 0.2) is 23.3 Å². The molecule has 2 N–H and O–H groups in total. The lowest BCUT2D eigenvalue weighted by molar-refractivity contribution is 0.147. The molecule has 28 heavy (non-hydrogen) atoms. The third kappa shape index (κ3) is 6.76. The second kappa shape index (κ2) is 12.5. The molecule has 0 amide bonds. The number of aromatic nitrogens is 1. The molecule has 2 aliphatic heterocycles.